The first-order chi connectivity index (χ1) is 7.75. The summed E-state index contributed by atoms with van der Waals surface area (Å²) in [6, 6.07) is 12.2. The highest BCUT2D eigenvalue weighted by Gasteiger charge is 2.04. The van der Waals surface area contributed by atoms with Crippen LogP contribution < -0.4 is 0 Å². The van der Waals surface area contributed by atoms with Gasteiger partial charge < -0.3 is 5.11 Å². The minimum atomic E-state index is -0.743. The van der Waals surface area contributed by atoms with Gasteiger partial charge in [0.25, 0.3) is 0 Å². The summed E-state index contributed by atoms with van der Waals surface area (Å²) >= 11 is 1.66. The Balaban J connectivity index is 2.11. The lowest BCUT2D eigenvalue weighted by molar-refractivity contribution is -0.136. The van der Waals surface area contributed by atoms with E-state index in [1.165, 1.54) is 10.4 Å². The van der Waals surface area contributed by atoms with Gasteiger partial charge in [0.1, 0.15) is 0 Å². The van der Waals surface area contributed by atoms with E-state index in [0.717, 1.165) is 5.56 Å². The van der Waals surface area contributed by atoms with Crippen molar-refractivity contribution in [1.29, 1.82) is 0 Å². The van der Waals surface area contributed by atoms with Crippen molar-refractivity contribution in [3.8, 4) is 10.4 Å². The number of aliphatic carboxylic acids is 1. The lowest BCUT2D eigenvalue weighted by atomic mass is 10.1. The molecule has 0 spiro atoms. The molecule has 2 rings (SSSR count). The third-order valence-electron chi connectivity index (χ3n) is 2.34. The van der Waals surface area contributed by atoms with Crippen LogP contribution in [0.1, 0.15) is 12.0 Å². The van der Waals surface area contributed by atoms with Crippen LogP contribution in [-0.4, -0.2) is 11.1 Å². The number of carbonyl (C=O) groups is 1. The van der Waals surface area contributed by atoms with Crippen LogP contribution in [0.4, 0.5) is 0 Å². The van der Waals surface area contributed by atoms with E-state index < -0.39 is 5.97 Å². The molecule has 0 saturated carbocycles. The largest absolute Gasteiger partial charge is 0.481 e. The molecule has 0 bridgehead atoms. The number of hydrogen-bond acceptors (Lipinski definition) is 2. The Hall–Kier alpha value is -1.61. The monoisotopic (exact) mass is 232 g/mol. The maximum atomic E-state index is 10.5. The van der Waals surface area contributed by atoms with Crippen LogP contribution in [0, 0.1) is 0 Å². The number of aryl methyl sites for hydroxylation is 1. The molecular weight excluding hydrogens is 220 g/mol. The molecule has 0 unspecified atom stereocenters. The number of rotatable bonds is 4. The molecule has 1 aromatic carbocycles. The molecule has 82 valence electrons. The summed E-state index contributed by atoms with van der Waals surface area (Å²) in [4.78, 5) is 11.6. The van der Waals surface area contributed by atoms with Crippen molar-refractivity contribution in [3.05, 3.63) is 47.3 Å². The van der Waals surface area contributed by atoms with Gasteiger partial charge in [0.15, 0.2) is 0 Å². The van der Waals surface area contributed by atoms with Crippen LogP contribution in [-0.2, 0) is 11.2 Å². The van der Waals surface area contributed by atoms with Crippen molar-refractivity contribution < 1.29 is 9.90 Å². The highest BCUT2D eigenvalue weighted by atomic mass is 32.1. The normalized spacial score (nSPS) is 10.2. The Morgan fingerprint density at radius 3 is 2.69 bits per heavy atom. The summed E-state index contributed by atoms with van der Waals surface area (Å²) in [6.45, 7) is 0. The zero-order valence-corrected chi connectivity index (χ0v) is 9.54. The number of hydrogen-bond donors (Lipinski definition) is 1. The van der Waals surface area contributed by atoms with Gasteiger partial charge in [-0.05, 0) is 29.0 Å². The van der Waals surface area contributed by atoms with Gasteiger partial charge in [-0.2, -0.15) is 0 Å². The fraction of sp³-hybridized carbons (Fsp3) is 0.154. The molecule has 0 aliphatic heterocycles. The molecule has 3 heteroatoms. The van der Waals surface area contributed by atoms with Crippen molar-refractivity contribution in [3.63, 3.8) is 0 Å². The topological polar surface area (TPSA) is 37.3 Å². The summed E-state index contributed by atoms with van der Waals surface area (Å²) in [5.41, 5.74) is 2.29. The molecule has 1 aromatic heterocycles. The minimum Gasteiger partial charge on any atom is -0.481 e. The SMILES string of the molecule is O=C(O)CCc1csc(-c2ccccc2)c1. The van der Waals surface area contributed by atoms with E-state index in [1.54, 1.807) is 11.3 Å². The molecule has 0 amide bonds. The standard InChI is InChI=1S/C13H12O2S/c14-13(15)7-6-10-8-12(16-9-10)11-4-2-1-3-5-11/h1-5,8-9H,6-7H2,(H,14,15). The Morgan fingerprint density at radius 1 is 1.25 bits per heavy atom. The maximum absolute atomic E-state index is 10.5. The van der Waals surface area contributed by atoms with E-state index in [1.807, 2.05) is 23.6 Å². The van der Waals surface area contributed by atoms with Crippen molar-refractivity contribution >= 4 is 17.3 Å². The molecule has 2 aromatic rings. The number of carboxylic acids is 1. The van der Waals surface area contributed by atoms with Crippen molar-refractivity contribution in [2.45, 2.75) is 12.8 Å². The molecular formula is C13H12O2S. The fourth-order valence-corrected chi connectivity index (χ4v) is 2.47. The van der Waals surface area contributed by atoms with Gasteiger partial charge >= 0.3 is 5.97 Å². The number of thiophene rings is 1. The molecule has 1 heterocycles. The lowest BCUT2D eigenvalue weighted by Crippen LogP contribution is -1.95. The van der Waals surface area contributed by atoms with E-state index in [9.17, 15) is 4.79 Å². The van der Waals surface area contributed by atoms with Gasteiger partial charge in [-0.1, -0.05) is 30.3 Å². The van der Waals surface area contributed by atoms with Gasteiger partial charge in [0.05, 0.1) is 0 Å². The van der Waals surface area contributed by atoms with Crippen LogP contribution in [0.3, 0.4) is 0 Å². The van der Waals surface area contributed by atoms with Crippen LogP contribution in [0.2, 0.25) is 0 Å². The molecule has 0 atom stereocenters. The second-order valence-electron chi connectivity index (χ2n) is 3.58. The smallest absolute Gasteiger partial charge is 0.303 e. The second-order valence-corrected chi connectivity index (χ2v) is 4.49. The van der Waals surface area contributed by atoms with E-state index >= 15 is 0 Å². The van der Waals surface area contributed by atoms with E-state index in [4.69, 9.17) is 5.11 Å². The first kappa shape index (κ1) is 10.9. The molecule has 0 fully saturated rings. The quantitative estimate of drug-likeness (QED) is 0.876. The Kier molecular flexibility index (Phi) is 3.37. The molecule has 0 aliphatic carbocycles. The second kappa shape index (κ2) is 4.94. The fourth-order valence-electron chi connectivity index (χ4n) is 1.51. The predicted octanol–water partition coefficient (Wildman–Crippen LogP) is 3.43. The van der Waals surface area contributed by atoms with Gasteiger partial charge in [0.2, 0.25) is 0 Å². The molecule has 0 saturated heterocycles. The van der Waals surface area contributed by atoms with Crippen LogP contribution >= 0.6 is 11.3 Å². The summed E-state index contributed by atoms with van der Waals surface area (Å²) in [6.07, 6.45) is 0.809. The van der Waals surface area contributed by atoms with Crippen molar-refractivity contribution in [2.75, 3.05) is 0 Å². The molecule has 0 aliphatic rings. The third kappa shape index (κ3) is 2.70. The predicted molar refractivity (Wildman–Crippen MR) is 65.7 cm³/mol. The lowest BCUT2D eigenvalue weighted by Gasteiger charge is -1.95. The number of carboxylic acid groups (broad SMARTS) is 1. The van der Waals surface area contributed by atoms with Crippen LogP contribution in [0.15, 0.2) is 41.8 Å². The Morgan fingerprint density at radius 2 is 2.00 bits per heavy atom. The third-order valence-corrected chi connectivity index (χ3v) is 3.37. The van der Waals surface area contributed by atoms with Crippen LogP contribution in [0.25, 0.3) is 10.4 Å². The molecule has 2 nitrogen and oxygen atoms in total. The van der Waals surface area contributed by atoms with E-state index in [-0.39, 0.29) is 6.42 Å². The van der Waals surface area contributed by atoms with Gasteiger partial charge in [-0.25, -0.2) is 0 Å². The Labute approximate surface area is 98.2 Å². The Bertz CT molecular complexity index is 474. The average molecular weight is 232 g/mol. The minimum absolute atomic E-state index is 0.199. The zero-order valence-electron chi connectivity index (χ0n) is 8.72. The zero-order chi connectivity index (χ0) is 11.4. The van der Waals surface area contributed by atoms with Gasteiger partial charge in [-0.3, -0.25) is 4.79 Å². The molecule has 1 N–H and O–H groups in total. The highest BCUT2D eigenvalue weighted by molar-refractivity contribution is 7.13. The van der Waals surface area contributed by atoms with E-state index in [0.29, 0.717) is 6.42 Å². The maximum Gasteiger partial charge on any atom is 0.303 e. The first-order valence-corrected chi connectivity index (χ1v) is 5.98. The van der Waals surface area contributed by atoms with Crippen LogP contribution in [0.5, 0.6) is 0 Å². The molecule has 16 heavy (non-hydrogen) atoms. The summed E-state index contributed by atoms with van der Waals surface area (Å²) < 4.78 is 0. The average Bonchev–Trinajstić information content (AvgIpc) is 2.76. The summed E-state index contributed by atoms with van der Waals surface area (Å²) in [7, 11) is 0. The van der Waals surface area contributed by atoms with Crippen molar-refractivity contribution in [1.82, 2.24) is 0 Å². The highest BCUT2D eigenvalue weighted by Crippen LogP contribution is 2.27. The van der Waals surface area contributed by atoms with Gasteiger partial charge in [-0.15, -0.1) is 11.3 Å². The van der Waals surface area contributed by atoms with E-state index in [2.05, 4.69) is 18.2 Å². The number of benzene rings is 1. The first-order valence-electron chi connectivity index (χ1n) is 5.10. The molecule has 0 radical (unpaired) electrons. The van der Waals surface area contributed by atoms with Gasteiger partial charge in [0, 0.05) is 11.3 Å². The summed E-state index contributed by atoms with van der Waals surface area (Å²) in [5.74, 6) is -0.743. The summed E-state index contributed by atoms with van der Waals surface area (Å²) in [5, 5.41) is 10.6. The van der Waals surface area contributed by atoms with Crippen molar-refractivity contribution in [2.24, 2.45) is 0 Å².